The molecule has 0 N–H and O–H groups in total. The Kier molecular flexibility index (Phi) is 7.55. The van der Waals surface area contributed by atoms with Crippen LogP contribution in [-0.4, -0.2) is 0 Å². The number of hydrogen-bond donors (Lipinski definition) is 0. The van der Waals surface area contributed by atoms with Crippen molar-refractivity contribution in [1.29, 1.82) is 0 Å². The molecule has 0 aliphatic heterocycles. The minimum atomic E-state index is 1.11. The quantitative estimate of drug-likeness (QED) is 0.159. The molecule has 0 radical (unpaired) electrons. The fourth-order valence-electron chi connectivity index (χ4n) is 8.06. The van der Waals surface area contributed by atoms with E-state index < -0.39 is 0 Å². The van der Waals surface area contributed by atoms with Crippen molar-refractivity contribution in [3.8, 4) is 33.4 Å². The van der Waals surface area contributed by atoms with Crippen molar-refractivity contribution in [2.45, 2.75) is 0 Å². The minimum absolute atomic E-state index is 1.11. The lowest BCUT2D eigenvalue weighted by Gasteiger charge is -2.27. The second kappa shape index (κ2) is 13.0. The zero-order chi connectivity index (χ0) is 35.1. The summed E-state index contributed by atoms with van der Waals surface area (Å²) in [5.74, 6) is 0. The van der Waals surface area contributed by atoms with E-state index in [1.54, 1.807) is 0 Å². The summed E-state index contributed by atoms with van der Waals surface area (Å²) in [5, 5.41) is 10.2. The van der Waals surface area contributed by atoms with E-state index in [1.165, 1.54) is 76.5 Å². The van der Waals surface area contributed by atoms with Gasteiger partial charge in [0.1, 0.15) is 0 Å². The molecule has 10 rings (SSSR count). The fraction of sp³-hybridized carbons (Fsp3) is 0. The maximum absolute atomic E-state index is 2.37. The molecule has 0 atom stereocenters. The van der Waals surface area contributed by atoms with E-state index in [0.717, 1.165) is 17.1 Å². The fourth-order valence-corrected chi connectivity index (χ4v) is 8.06. The van der Waals surface area contributed by atoms with Crippen molar-refractivity contribution >= 4 is 60.2 Å². The largest absolute Gasteiger partial charge is 0.310 e. The van der Waals surface area contributed by atoms with Crippen LogP contribution in [0.3, 0.4) is 0 Å². The predicted octanol–water partition coefficient (Wildman–Crippen LogP) is 14.8. The molecule has 1 heteroatoms. The average molecular weight is 674 g/mol. The van der Waals surface area contributed by atoms with Gasteiger partial charge < -0.3 is 4.90 Å². The van der Waals surface area contributed by atoms with Crippen LogP contribution in [0.1, 0.15) is 0 Å². The van der Waals surface area contributed by atoms with Gasteiger partial charge in [0.2, 0.25) is 0 Å². The van der Waals surface area contributed by atoms with E-state index in [2.05, 4.69) is 217 Å². The first-order chi connectivity index (χ1) is 26.3. The second-order valence-electron chi connectivity index (χ2n) is 13.7. The molecule has 0 aliphatic rings. The van der Waals surface area contributed by atoms with Crippen molar-refractivity contribution in [3.05, 3.63) is 212 Å². The smallest absolute Gasteiger partial charge is 0.0468 e. The molecule has 0 bridgehead atoms. The molecule has 0 aliphatic carbocycles. The highest BCUT2D eigenvalue weighted by Crippen LogP contribution is 2.43. The van der Waals surface area contributed by atoms with E-state index in [0.29, 0.717) is 0 Å². The van der Waals surface area contributed by atoms with E-state index in [-0.39, 0.29) is 0 Å². The third-order valence-electron chi connectivity index (χ3n) is 10.6. The molecule has 10 aromatic rings. The lowest BCUT2D eigenvalue weighted by atomic mass is 9.90. The van der Waals surface area contributed by atoms with Gasteiger partial charge in [-0.2, -0.15) is 0 Å². The van der Waals surface area contributed by atoms with Gasteiger partial charge >= 0.3 is 0 Å². The molecular formula is C52H35N. The minimum Gasteiger partial charge on any atom is -0.310 e. The van der Waals surface area contributed by atoms with E-state index >= 15 is 0 Å². The molecule has 248 valence electrons. The van der Waals surface area contributed by atoms with Crippen molar-refractivity contribution < 1.29 is 0 Å². The summed E-state index contributed by atoms with van der Waals surface area (Å²) in [6.07, 6.45) is 0. The summed E-state index contributed by atoms with van der Waals surface area (Å²) in [5.41, 5.74) is 10.6. The average Bonchev–Trinajstić information content (AvgIpc) is 3.24. The van der Waals surface area contributed by atoms with Crippen molar-refractivity contribution in [3.63, 3.8) is 0 Å². The SMILES string of the molecule is c1ccc(-c2ccc(N(c3ccccc3)c3ccc(-c4ccc5ccc6ccc7ccccc7c6c5c4)cc3)cc2-c2cccc3ccccc23)cc1. The lowest BCUT2D eigenvalue weighted by molar-refractivity contribution is 1.28. The highest BCUT2D eigenvalue weighted by Gasteiger charge is 2.18. The number of fused-ring (bicyclic) bond motifs is 6. The zero-order valence-electron chi connectivity index (χ0n) is 29.2. The van der Waals surface area contributed by atoms with Gasteiger partial charge in [0.25, 0.3) is 0 Å². The molecule has 0 spiro atoms. The number of hydrogen-bond acceptors (Lipinski definition) is 1. The van der Waals surface area contributed by atoms with Crippen molar-refractivity contribution in [2.75, 3.05) is 4.90 Å². The molecule has 0 aromatic heterocycles. The van der Waals surface area contributed by atoms with E-state index in [1.807, 2.05) is 0 Å². The topological polar surface area (TPSA) is 3.24 Å². The summed E-state index contributed by atoms with van der Waals surface area (Å²) in [7, 11) is 0. The summed E-state index contributed by atoms with van der Waals surface area (Å²) in [4.78, 5) is 2.37. The van der Waals surface area contributed by atoms with E-state index in [4.69, 9.17) is 0 Å². The van der Waals surface area contributed by atoms with Crippen LogP contribution in [-0.2, 0) is 0 Å². The molecule has 0 amide bonds. The van der Waals surface area contributed by atoms with Gasteiger partial charge in [-0.05, 0) is 119 Å². The Labute approximate surface area is 309 Å². The van der Waals surface area contributed by atoms with Crippen LogP contribution in [0.25, 0.3) is 76.5 Å². The molecule has 1 nitrogen and oxygen atoms in total. The van der Waals surface area contributed by atoms with Gasteiger partial charge in [-0.1, -0.05) is 170 Å². The maximum Gasteiger partial charge on any atom is 0.0468 e. The maximum atomic E-state index is 2.37. The van der Waals surface area contributed by atoms with Gasteiger partial charge in [-0.15, -0.1) is 0 Å². The summed E-state index contributed by atoms with van der Waals surface area (Å²) in [6, 6.07) is 77.2. The third-order valence-corrected chi connectivity index (χ3v) is 10.6. The number of anilines is 3. The molecule has 0 heterocycles. The first-order valence-corrected chi connectivity index (χ1v) is 18.3. The molecular weight excluding hydrogens is 639 g/mol. The summed E-state index contributed by atoms with van der Waals surface area (Å²) >= 11 is 0. The predicted molar refractivity (Wildman–Crippen MR) is 227 cm³/mol. The zero-order valence-corrected chi connectivity index (χ0v) is 29.2. The molecule has 10 aromatic carbocycles. The van der Waals surface area contributed by atoms with Gasteiger partial charge in [0.05, 0.1) is 0 Å². The van der Waals surface area contributed by atoms with Crippen molar-refractivity contribution in [2.24, 2.45) is 0 Å². The first kappa shape index (κ1) is 30.8. The number of rotatable bonds is 6. The van der Waals surface area contributed by atoms with Crippen LogP contribution in [0.5, 0.6) is 0 Å². The Morgan fingerprint density at radius 1 is 0.245 bits per heavy atom. The molecule has 0 saturated heterocycles. The Morgan fingerprint density at radius 3 is 1.57 bits per heavy atom. The summed E-state index contributed by atoms with van der Waals surface area (Å²) in [6.45, 7) is 0. The number of para-hydroxylation sites is 1. The first-order valence-electron chi connectivity index (χ1n) is 18.3. The highest BCUT2D eigenvalue weighted by atomic mass is 15.1. The second-order valence-corrected chi connectivity index (χ2v) is 13.7. The molecule has 0 fully saturated rings. The van der Waals surface area contributed by atoms with E-state index in [9.17, 15) is 0 Å². The van der Waals surface area contributed by atoms with Crippen LogP contribution in [0.2, 0.25) is 0 Å². The Morgan fingerprint density at radius 2 is 0.792 bits per heavy atom. The standard InChI is InChI=1S/C52H35N/c1-3-12-37(13-4-1)47-33-32-45(35-51(47)49-21-11-16-38-14-7-9-19-46(38)49)53(43-17-5-2-6-18-43)44-30-28-36(29-31-44)42-27-24-40-23-26-41-25-22-39-15-8-10-20-48(39)52(41)50(40)34-42/h1-35H. The Bertz CT molecular complexity index is 2920. The normalized spacial score (nSPS) is 11.4. The van der Waals surface area contributed by atoms with Gasteiger partial charge in [0.15, 0.2) is 0 Å². The molecule has 53 heavy (non-hydrogen) atoms. The van der Waals surface area contributed by atoms with Gasteiger partial charge in [-0.3, -0.25) is 0 Å². The lowest BCUT2D eigenvalue weighted by Crippen LogP contribution is -2.10. The highest BCUT2D eigenvalue weighted by molar-refractivity contribution is 6.20. The van der Waals surface area contributed by atoms with Crippen LogP contribution in [0, 0.1) is 0 Å². The monoisotopic (exact) mass is 673 g/mol. The van der Waals surface area contributed by atoms with Crippen molar-refractivity contribution in [1.82, 2.24) is 0 Å². The van der Waals surface area contributed by atoms with Gasteiger partial charge in [0, 0.05) is 17.1 Å². The van der Waals surface area contributed by atoms with Gasteiger partial charge in [-0.25, -0.2) is 0 Å². The number of nitrogens with zero attached hydrogens (tertiary/aromatic N) is 1. The third kappa shape index (κ3) is 5.51. The van der Waals surface area contributed by atoms with Crippen LogP contribution < -0.4 is 4.90 Å². The number of benzene rings is 10. The molecule has 0 saturated carbocycles. The van der Waals surface area contributed by atoms with Crippen LogP contribution in [0.4, 0.5) is 17.1 Å². The van der Waals surface area contributed by atoms with Crippen LogP contribution in [0.15, 0.2) is 212 Å². The Balaban J connectivity index is 1.11. The summed E-state index contributed by atoms with van der Waals surface area (Å²) < 4.78 is 0. The molecule has 0 unspecified atom stereocenters. The van der Waals surface area contributed by atoms with Crippen LogP contribution >= 0.6 is 0 Å². The Hall–Kier alpha value is -6.96.